The maximum atomic E-state index is 11.9. The van der Waals surface area contributed by atoms with Gasteiger partial charge in [-0.05, 0) is 38.1 Å². The van der Waals surface area contributed by atoms with Crippen molar-refractivity contribution in [3.63, 3.8) is 0 Å². The Kier molecular flexibility index (Phi) is 5.44. The zero-order valence-electron chi connectivity index (χ0n) is 12.3. The van der Waals surface area contributed by atoms with Crippen LogP contribution in [0.25, 0.3) is 0 Å². The normalized spacial score (nSPS) is 19.8. The topological polar surface area (TPSA) is 84.7 Å². The Morgan fingerprint density at radius 2 is 2.29 bits per heavy atom. The van der Waals surface area contributed by atoms with Gasteiger partial charge in [-0.15, -0.1) is 0 Å². The molecule has 1 aliphatic heterocycles. The Balaban J connectivity index is 1.71. The van der Waals surface area contributed by atoms with Crippen LogP contribution in [0.15, 0.2) is 24.3 Å². The lowest BCUT2D eigenvalue weighted by molar-refractivity contribution is 0.340. The highest BCUT2D eigenvalue weighted by Gasteiger charge is 2.21. The third-order valence-electron chi connectivity index (χ3n) is 3.56. The molecule has 0 aliphatic carbocycles. The Labute approximate surface area is 126 Å². The van der Waals surface area contributed by atoms with Gasteiger partial charge in [-0.3, -0.25) is 0 Å². The number of nitrogens with two attached hydrogens (primary N) is 1. The van der Waals surface area contributed by atoms with Gasteiger partial charge in [-0.1, -0.05) is 6.07 Å². The monoisotopic (exact) mass is 313 g/mol. The summed E-state index contributed by atoms with van der Waals surface area (Å²) in [7, 11) is -1.24. The summed E-state index contributed by atoms with van der Waals surface area (Å²) in [5.74, 6) is 0.937. The zero-order valence-corrected chi connectivity index (χ0v) is 13.1. The second kappa shape index (κ2) is 7.11. The predicted octanol–water partition coefficient (Wildman–Crippen LogP) is 0.519. The number of likely N-dealkylation sites (tertiary alicyclic amines) is 1. The minimum Gasteiger partial charge on any atom is -0.492 e. The van der Waals surface area contributed by atoms with Gasteiger partial charge in [0.15, 0.2) is 0 Å². The average Bonchev–Trinajstić information content (AvgIpc) is 2.82. The number of ether oxygens (including phenoxy) is 1. The fourth-order valence-electron chi connectivity index (χ4n) is 2.38. The van der Waals surface area contributed by atoms with Crippen molar-refractivity contribution >= 4 is 15.7 Å². The number of anilines is 1. The molecule has 1 aromatic carbocycles. The first-order valence-corrected chi connectivity index (χ1v) is 8.74. The Hall–Kier alpha value is -1.31. The lowest BCUT2D eigenvalue weighted by Crippen LogP contribution is -2.33. The summed E-state index contributed by atoms with van der Waals surface area (Å²) >= 11 is 0. The molecule has 7 heteroatoms. The van der Waals surface area contributed by atoms with Gasteiger partial charge >= 0.3 is 0 Å². The van der Waals surface area contributed by atoms with Crippen LogP contribution < -0.4 is 15.2 Å². The Morgan fingerprint density at radius 1 is 1.48 bits per heavy atom. The Bertz CT molecular complexity index is 562. The molecule has 1 atom stereocenters. The van der Waals surface area contributed by atoms with Crippen LogP contribution in [-0.4, -0.2) is 52.4 Å². The van der Waals surface area contributed by atoms with Crippen molar-refractivity contribution in [1.82, 2.24) is 9.62 Å². The van der Waals surface area contributed by atoms with E-state index in [1.165, 1.54) is 0 Å². The molecule has 3 N–H and O–H groups in total. The van der Waals surface area contributed by atoms with E-state index in [2.05, 4.69) is 9.62 Å². The van der Waals surface area contributed by atoms with Crippen LogP contribution in [0.1, 0.15) is 6.42 Å². The number of benzene rings is 1. The van der Waals surface area contributed by atoms with E-state index in [-0.39, 0.29) is 12.4 Å². The molecule has 21 heavy (non-hydrogen) atoms. The first-order chi connectivity index (χ1) is 9.94. The summed E-state index contributed by atoms with van der Waals surface area (Å²) in [6, 6.07) is 6.96. The van der Waals surface area contributed by atoms with Gasteiger partial charge in [0.05, 0.1) is 5.75 Å². The van der Waals surface area contributed by atoms with E-state index in [0.29, 0.717) is 23.9 Å². The average molecular weight is 313 g/mol. The molecule has 1 aromatic rings. The third kappa shape index (κ3) is 5.53. The minimum absolute atomic E-state index is 0.0512. The van der Waals surface area contributed by atoms with Crippen molar-refractivity contribution in [2.24, 2.45) is 5.92 Å². The first kappa shape index (κ1) is 16.1. The van der Waals surface area contributed by atoms with Crippen LogP contribution in [0.5, 0.6) is 5.75 Å². The molecule has 0 saturated carbocycles. The smallest absolute Gasteiger partial charge is 0.214 e. The van der Waals surface area contributed by atoms with E-state index in [1.54, 1.807) is 24.3 Å². The van der Waals surface area contributed by atoms with Crippen LogP contribution in [0.3, 0.4) is 0 Å². The third-order valence-corrected chi connectivity index (χ3v) is 4.87. The predicted molar refractivity (Wildman–Crippen MR) is 83.7 cm³/mol. The number of hydrogen-bond donors (Lipinski definition) is 2. The highest BCUT2D eigenvalue weighted by molar-refractivity contribution is 7.89. The summed E-state index contributed by atoms with van der Waals surface area (Å²) in [5, 5.41) is 0. The fraction of sp³-hybridized carbons (Fsp3) is 0.571. The summed E-state index contributed by atoms with van der Waals surface area (Å²) in [6.07, 6.45) is 1.04. The second-order valence-corrected chi connectivity index (χ2v) is 7.43. The van der Waals surface area contributed by atoms with Crippen molar-refractivity contribution in [2.45, 2.75) is 6.42 Å². The molecule has 0 spiro atoms. The molecule has 1 heterocycles. The molecule has 6 nitrogen and oxygen atoms in total. The van der Waals surface area contributed by atoms with Crippen molar-refractivity contribution < 1.29 is 13.2 Å². The van der Waals surface area contributed by atoms with E-state index in [1.807, 2.05) is 7.05 Å². The molecule has 0 amide bonds. The largest absolute Gasteiger partial charge is 0.492 e. The minimum atomic E-state index is -3.29. The highest BCUT2D eigenvalue weighted by Crippen LogP contribution is 2.15. The zero-order chi connectivity index (χ0) is 15.3. The van der Waals surface area contributed by atoms with E-state index in [0.717, 1.165) is 19.5 Å². The number of nitrogens with zero attached hydrogens (tertiary/aromatic N) is 1. The molecule has 118 valence electrons. The summed E-state index contributed by atoms with van der Waals surface area (Å²) in [4.78, 5) is 2.21. The van der Waals surface area contributed by atoms with Gasteiger partial charge < -0.3 is 15.4 Å². The molecule has 0 bridgehead atoms. The maximum Gasteiger partial charge on any atom is 0.214 e. The van der Waals surface area contributed by atoms with Gasteiger partial charge in [-0.25, -0.2) is 13.1 Å². The fourth-order valence-corrected chi connectivity index (χ4v) is 3.32. The van der Waals surface area contributed by atoms with Crippen LogP contribution in [0, 0.1) is 5.92 Å². The summed E-state index contributed by atoms with van der Waals surface area (Å²) in [5.41, 5.74) is 6.23. The number of nitrogens with one attached hydrogen (secondary N) is 1. The van der Waals surface area contributed by atoms with Crippen molar-refractivity contribution in [3.05, 3.63) is 24.3 Å². The lowest BCUT2D eigenvalue weighted by Gasteiger charge is -2.12. The van der Waals surface area contributed by atoms with Crippen molar-refractivity contribution in [3.8, 4) is 5.75 Å². The number of nitrogen functional groups attached to an aromatic ring is 1. The number of rotatable bonds is 7. The molecule has 2 rings (SSSR count). The molecule has 1 aliphatic rings. The SMILES string of the molecule is CN1CCC(CNS(=O)(=O)CCOc2cccc(N)c2)C1. The molecule has 1 fully saturated rings. The lowest BCUT2D eigenvalue weighted by atomic mass is 10.1. The van der Waals surface area contributed by atoms with Crippen molar-refractivity contribution in [1.29, 1.82) is 0 Å². The summed E-state index contributed by atoms with van der Waals surface area (Å²) < 4.78 is 31.9. The Morgan fingerprint density at radius 3 is 2.95 bits per heavy atom. The van der Waals surface area contributed by atoms with E-state index < -0.39 is 10.0 Å². The first-order valence-electron chi connectivity index (χ1n) is 7.09. The van der Waals surface area contributed by atoms with E-state index >= 15 is 0 Å². The van der Waals surface area contributed by atoms with Gasteiger partial charge in [0.2, 0.25) is 10.0 Å². The number of sulfonamides is 1. The molecule has 0 radical (unpaired) electrons. The maximum absolute atomic E-state index is 11.9. The second-order valence-electron chi connectivity index (χ2n) is 5.51. The molecule has 0 aromatic heterocycles. The molecular formula is C14H23N3O3S. The molecule has 1 saturated heterocycles. The summed E-state index contributed by atoms with van der Waals surface area (Å²) in [6.45, 7) is 2.60. The van der Waals surface area contributed by atoms with Crippen LogP contribution in [0.4, 0.5) is 5.69 Å². The van der Waals surface area contributed by atoms with Crippen LogP contribution in [0.2, 0.25) is 0 Å². The quantitative estimate of drug-likeness (QED) is 0.717. The standard InChI is InChI=1S/C14H23N3O3S/c1-17-6-5-12(11-17)10-16-21(18,19)8-7-20-14-4-2-3-13(15)9-14/h2-4,9,12,16H,5-8,10-11,15H2,1H3. The molecular weight excluding hydrogens is 290 g/mol. The number of hydrogen-bond acceptors (Lipinski definition) is 5. The highest BCUT2D eigenvalue weighted by atomic mass is 32.2. The van der Waals surface area contributed by atoms with Crippen LogP contribution >= 0.6 is 0 Å². The van der Waals surface area contributed by atoms with Gasteiger partial charge in [0.1, 0.15) is 12.4 Å². The van der Waals surface area contributed by atoms with Gasteiger partial charge in [0, 0.05) is 24.8 Å². The van der Waals surface area contributed by atoms with Crippen LogP contribution in [-0.2, 0) is 10.0 Å². The van der Waals surface area contributed by atoms with E-state index in [4.69, 9.17) is 10.5 Å². The van der Waals surface area contributed by atoms with Gasteiger partial charge in [-0.2, -0.15) is 0 Å². The van der Waals surface area contributed by atoms with E-state index in [9.17, 15) is 8.42 Å². The van der Waals surface area contributed by atoms with Gasteiger partial charge in [0.25, 0.3) is 0 Å². The molecule has 1 unspecified atom stereocenters. The van der Waals surface area contributed by atoms with Crippen molar-refractivity contribution in [2.75, 3.05) is 44.8 Å².